The van der Waals surface area contributed by atoms with Crippen LogP contribution in [0.3, 0.4) is 0 Å². The Hall–Kier alpha value is -2.44. The van der Waals surface area contributed by atoms with E-state index in [1.54, 1.807) is 6.07 Å². The first-order valence-electron chi connectivity index (χ1n) is 9.77. The van der Waals surface area contributed by atoms with Crippen molar-refractivity contribution in [3.05, 3.63) is 64.9 Å². The number of rotatable bonds is 4. The van der Waals surface area contributed by atoms with Crippen LogP contribution in [0.2, 0.25) is 0 Å². The van der Waals surface area contributed by atoms with E-state index in [4.69, 9.17) is 5.73 Å². The molecule has 0 amide bonds. The van der Waals surface area contributed by atoms with Gasteiger partial charge in [-0.15, -0.1) is 0 Å². The van der Waals surface area contributed by atoms with Crippen LogP contribution in [0.15, 0.2) is 36.4 Å². The summed E-state index contributed by atoms with van der Waals surface area (Å²) < 4.78 is 29.1. The second-order valence-electron chi connectivity index (χ2n) is 7.51. The summed E-state index contributed by atoms with van der Waals surface area (Å²) >= 11 is 0. The second kappa shape index (κ2) is 7.53. The zero-order valence-electron chi connectivity index (χ0n) is 16.3. The number of likely N-dealkylation sites (N-methyl/N-ethyl adjacent to an activating group) is 1. The van der Waals surface area contributed by atoms with E-state index in [-0.39, 0.29) is 11.6 Å². The van der Waals surface area contributed by atoms with Crippen LogP contribution in [-0.2, 0) is 6.42 Å². The highest BCUT2D eigenvalue weighted by Crippen LogP contribution is 2.32. The molecule has 0 aliphatic carbocycles. The zero-order valence-corrected chi connectivity index (χ0v) is 16.3. The SMILES string of the molecule is CCc1c(C(N)c2ccc(N3CCN(C)CC3)c(F)c2)[nH]c2c(F)cccc12. The molecule has 3 aromatic rings. The van der Waals surface area contributed by atoms with Crippen molar-refractivity contribution >= 4 is 16.6 Å². The van der Waals surface area contributed by atoms with E-state index in [0.29, 0.717) is 23.2 Å². The van der Waals surface area contributed by atoms with Gasteiger partial charge in [-0.2, -0.15) is 0 Å². The smallest absolute Gasteiger partial charge is 0.147 e. The molecule has 0 saturated carbocycles. The lowest BCUT2D eigenvalue weighted by molar-refractivity contribution is 0.311. The Balaban J connectivity index is 1.67. The van der Waals surface area contributed by atoms with Crippen LogP contribution < -0.4 is 10.6 Å². The number of benzene rings is 2. The lowest BCUT2D eigenvalue weighted by Crippen LogP contribution is -2.44. The molecular weight excluding hydrogens is 358 g/mol. The fourth-order valence-electron chi connectivity index (χ4n) is 4.09. The van der Waals surface area contributed by atoms with E-state index < -0.39 is 6.04 Å². The molecule has 1 aromatic heterocycles. The van der Waals surface area contributed by atoms with E-state index >= 15 is 0 Å². The second-order valence-corrected chi connectivity index (χ2v) is 7.51. The molecule has 1 fully saturated rings. The average molecular weight is 384 g/mol. The molecular formula is C22H26F2N4. The fourth-order valence-corrected chi connectivity index (χ4v) is 4.09. The van der Waals surface area contributed by atoms with E-state index in [1.165, 1.54) is 12.1 Å². The number of aromatic nitrogens is 1. The molecule has 1 aliphatic heterocycles. The number of para-hydroxylation sites is 1. The summed E-state index contributed by atoms with van der Waals surface area (Å²) in [7, 11) is 2.07. The number of nitrogens with zero attached hydrogens (tertiary/aromatic N) is 2. The third-order valence-electron chi connectivity index (χ3n) is 5.76. The lowest BCUT2D eigenvalue weighted by atomic mass is 9.98. The van der Waals surface area contributed by atoms with Gasteiger partial charge in [0, 0.05) is 37.3 Å². The molecule has 2 aromatic carbocycles. The lowest BCUT2D eigenvalue weighted by Gasteiger charge is -2.34. The monoisotopic (exact) mass is 384 g/mol. The Morgan fingerprint density at radius 1 is 1.07 bits per heavy atom. The van der Waals surface area contributed by atoms with Crippen LogP contribution in [0.4, 0.5) is 14.5 Å². The van der Waals surface area contributed by atoms with Gasteiger partial charge in [0.05, 0.1) is 17.2 Å². The standard InChI is InChI=1S/C22H26F2N4/c1-3-15-16-5-4-6-17(23)21(16)26-22(15)20(25)14-7-8-19(18(24)13-14)28-11-9-27(2)10-12-28/h4-8,13,20,26H,3,9-12,25H2,1-2H3. The number of anilines is 1. The molecule has 0 radical (unpaired) electrons. The first kappa shape index (κ1) is 18.9. The molecule has 6 heteroatoms. The summed E-state index contributed by atoms with van der Waals surface area (Å²) in [6.07, 6.45) is 0.717. The van der Waals surface area contributed by atoms with Gasteiger partial charge in [-0.3, -0.25) is 0 Å². The van der Waals surface area contributed by atoms with Crippen molar-refractivity contribution in [2.75, 3.05) is 38.1 Å². The van der Waals surface area contributed by atoms with Gasteiger partial charge in [0.2, 0.25) is 0 Å². The number of nitrogens with one attached hydrogen (secondary N) is 1. The highest BCUT2D eigenvalue weighted by molar-refractivity contribution is 5.85. The minimum absolute atomic E-state index is 0.266. The van der Waals surface area contributed by atoms with Crippen molar-refractivity contribution in [2.24, 2.45) is 5.73 Å². The number of piperazine rings is 1. The summed E-state index contributed by atoms with van der Waals surface area (Å²) in [4.78, 5) is 7.45. The van der Waals surface area contributed by atoms with E-state index in [2.05, 4.69) is 21.8 Å². The first-order chi connectivity index (χ1) is 13.5. The van der Waals surface area contributed by atoms with Crippen molar-refractivity contribution in [3.8, 4) is 0 Å². The van der Waals surface area contributed by atoms with Gasteiger partial charge in [-0.05, 0) is 42.8 Å². The number of H-pyrrole nitrogens is 1. The topological polar surface area (TPSA) is 48.3 Å². The molecule has 148 valence electrons. The molecule has 1 atom stereocenters. The number of aryl methyl sites for hydroxylation is 1. The van der Waals surface area contributed by atoms with Crippen molar-refractivity contribution in [2.45, 2.75) is 19.4 Å². The summed E-state index contributed by atoms with van der Waals surface area (Å²) in [5, 5.41) is 0.836. The molecule has 4 rings (SSSR count). The van der Waals surface area contributed by atoms with Gasteiger partial charge in [0.25, 0.3) is 0 Å². The van der Waals surface area contributed by atoms with Gasteiger partial charge in [-0.25, -0.2) is 8.78 Å². The Bertz CT molecular complexity index is 990. The van der Waals surface area contributed by atoms with Crippen LogP contribution >= 0.6 is 0 Å². The maximum atomic E-state index is 14.9. The predicted octanol–water partition coefficient (Wildman–Crippen LogP) is 3.81. The molecule has 3 N–H and O–H groups in total. The van der Waals surface area contributed by atoms with Gasteiger partial charge in [-0.1, -0.05) is 25.1 Å². The van der Waals surface area contributed by atoms with Crippen LogP contribution in [0, 0.1) is 11.6 Å². The highest BCUT2D eigenvalue weighted by atomic mass is 19.1. The summed E-state index contributed by atoms with van der Waals surface area (Å²) in [5.74, 6) is -0.569. The van der Waals surface area contributed by atoms with Crippen LogP contribution in [0.25, 0.3) is 10.9 Å². The maximum Gasteiger partial charge on any atom is 0.147 e. The Kier molecular flexibility index (Phi) is 5.08. The quantitative estimate of drug-likeness (QED) is 0.719. The Morgan fingerprint density at radius 3 is 2.50 bits per heavy atom. The van der Waals surface area contributed by atoms with Gasteiger partial charge in [0.1, 0.15) is 11.6 Å². The molecule has 1 saturated heterocycles. The first-order valence-corrected chi connectivity index (χ1v) is 9.77. The molecule has 4 nitrogen and oxygen atoms in total. The minimum atomic E-state index is -0.544. The van der Waals surface area contributed by atoms with Crippen molar-refractivity contribution in [1.29, 1.82) is 0 Å². The number of aromatic amines is 1. The number of halogens is 2. The van der Waals surface area contributed by atoms with Crippen LogP contribution in [-0.4, -0.2) is 43.1 Å². The fraction of sp³-hybridized carbons (Fsp3) is 0.364. The molecule has 28 heavy (non-hydrogen) atoms. The predicted molar refractivity (Wildman–Crippen MR) is 110 cm³/mol. The molecule has 0 spiro atoms. The number of hydrogen-bond donors (Lipinski definition) is 2. The van der Waals surface area contributed by atoms with Gasteiger partial charge >= 0.3 is 0 Å². The van der Waals surface area contributed by atoms with Crippen molar-refractivity contribution in [3.63, 3.8) is 0 Å². The largest absolute Gasteiger partial charge is 0.367 e. The molecule has 2 heterocycles. The maximum absolute atomic E-state index is 14.9. The third kappa shape index (κ3) is 3.27. The summed E-state index contributed by atoms with van der Waals surface area (Å²) in [6, 6.07) is 9.68. The Labute approximate surface area is 163 Å². The molecule has 1 aliphatic rings. The van der Waals surface area contributed by atoms with Crippen molar-refractivity contribution in [1.82, 2.24) is 9.88 Å². The number of hydrogen-bond acceptors (Lipinski definition) is 3. The molecule has 1 unspecified atom stereocenters. The van der Waals surface area contributed by atoms with E-state index in [1.807, 2.05) is 25.1 Å². The molecule has 0 bridgehead atoms. The summed E-state index contributed by atoms with van der Waals surface area (Å²) in [5.41, 5.74) is 9.95. The Morgan fingerprint density at radius 2 is 1.82 bits per heavy atom. The normalized spacial score (nSPS) is 16.7. The van der Waals surface area contributed by atoms with Crippen LogP contribution in [0.5, 0.6) is 0 Å². The summed E-state index contributed by atoms with van der Waals surface area (Å²) in [6.45, 7) is 5.46. The zero-order chi connectivity index (χ0) is 19.8. The number of nitrogens with two attached hydrogens (primary N) is 1. The van der Waals surface area contributed by atoms with E-state index in [9.17, 15) is 8.78 Å². The van der Waals surface area contributed by atoms with Crippen molar-refractivity contribution < 1.29 is 8.78 Å². The van der Waals surface area contributed by atoms with Gasteiger partial charge < -0.3 is 20.5 Å². The number of fused-ring (bicyclic) bond motifs is 1. The highest BCUT2D eigenvalue weighted by Gasteiger charge is 2.22. The van der Waals surface area contributed by atoms with Crippen LogP contribution in [0.1, 0.15) is 29.8 Å². The minimum Gasteiger partial charge on any atom is -0.367 e. The third-order valence-corrected chi connectivity index (χ3v) is 5.76. The average Bonchev–Trinajstić information content (AvgIpc) is 3.08. The van der Waals surface area contributed by atoms with Gasteiger partial charge in [0.15, 0.2) is 0 Å². The van der Waals surface area contributed by atoms with E-state index in [0.717, 1.165) is 42.8 Å².